The highest BCUT2D eigenvalue weighted by atomic mass is 16.2. The summed E-state index contributed by atoms with van der Waals surface area (Å²) in [6, 6.07) is 7.55. The number of carbonyl (C=O) groups excluding carboxylic acids is 1. The summed E-state index contributed by atoms with van der Waals surface area (Å²) in [6.07, 6.45) is 0.886. The Kier molecular flexibility index (Phi) is 4.04. The number of aryl methyl sites for hydroxylation is 1. The first-order chi connectivity index (χ1) is 9.19. The number of nitrogens with one attached hydrogen (secondary N) is 1. The van der Waals surface area contributed by atoms with Gasteiger partial charge in [-0.1, -0.05) is 19.1 Å². The maximum absolute atomic E-state index is 12.3. The fraction of sp³-hybridized carbons (Fsp3) is 0.429. The zero-order valence-corrected chi connectivity index (χ0v) is 11.3. The van der Waals surface area contributed by atoms with Crippen molar-refractivity contribution in [2.75, 3.05) is 6.54 Å². The third-order valence-electron chi connectivity index (χ3n) is 3.12. The molecule has 102 valence electrons. The number of amides is 1. The van der Waals surface area contributed by atoms with Crippen molar-refractivity contribution >= 4 is 16.9 Å². The number of imidazole rings is 1. The first kappa shape index (κ1) is 13.4. The van der Waals surface area contributed by atoms with Crippen LogP contribution < -0.4 is 11.0 Å². The maximum atomic E-state index is 12.3. The monoisotopic (exact) mass is 261 g/mol. The van der Waals surface area contributed by atoms with E-state index in [9.17, 15) is 9.59 Å². The van der Waals surface area contributed by atoms with Crippen molar-refractivity contribution in [2.24, 2.45) is 0 Å². The van der Waals surface area contributed by atoms with Crippen LogP contribution >= 0.6 is 0 Å². The lowest BCUT2D eigenvalue weighted by Gasteiger charge is -2.04. The van der Waals surface area contributed by atoms with Crippen LogP contribution in [0.15, 0.2) is 29.1 Å². The molecule has 1 aromatic heterocycles. The molecule has 19 heavy (non-hydrogen) atoms. The van der Waals surface area contributed by atoms with E-state index in [0.717, 1.165) is 17.5 Å². The van der Waals surface area contributed by atoms with E-state index in [1.54, 1.807) is 4.57 Å². The van der Waals surface area contributed by atoms with E-state index in [1.165, 1.54) is 4.57 Å². The molecule has 1 N–H and O–H groups in total. The van der Waals surface area contributed by atoms with E-state index < -0.39 is 0 Å². The zero-order chi connectivity index (χ0) is 13.8. The molecule has 0 spiro atoms. The van der Waals surface area contributed by atoms with E-state index in [4.69, 9.17) is 0 Å². The molecule has 1 heterocycles. The first-order valence-corrected chi connectivity index (χ1v) is 6.63. The van der Waals surface area contributed by atoms with E-state index in [2.05, 4.69) is 5.32 Å². The summed E-state index contributed by atoms with van der Waals surface area (Å²) in [5.41, 5.74) is 1.55. The minimum atomic E-state index is -0.129. The SMILES string of the molecule is CCCNC(=O)Cn1c(=O)n(CC)c2ccccc21. The van der Waals surface area contributed by atoms with Crippen LogP contribution in [0.2, 0.25) is 0 Å². The second-order valence-electron chi connectivity index (χ2n) is 4.45. The number of hydrogen-bond donors (Lipinski definition) is 1. The average Bonchev–Trinajstić information content (AvgIpc) is 2.69. The molecule has 0 aliphatic heterocycles. The Hall–Kier alpha value is -2.04. The highest BCUT2D eigenvalue weighted by Crippen LogP contribution is 2.12. The van der Waals surface area contributed by atoms with Gasteiger partial charge in [-0.05, 0) is 25.5 Å². The molecular weight excluding hydrogens is 242 g/mol. The number of para-hydroxylation sites is 2. The number of fused-ring (bicyclic) bond motifs is 1. The highest BCUT2D eigenvalue weighted by Gasteiger charge is 2.13. The van der Waals surface area contributed by atoms with Crippen molar-refractivity contribution in [3.63, 3.8) is 0 Å². The van der Waals surface area contributed by atoms with Crippen LogP contribution in [0.1, 0.15) is 20.3 Å². The van der Waals surface area contributed by atoms with Crippen molar-refractivity contribution in [1.82, 2.24) is 14.5 Å². The molecule has 0 fully saturated rings. The topological polar surface area (TPSA) is 56.0 Å². The van der Waals surface area contributed by atoms with Crippen molar-refractivity contribution in [3.8, 4) is 0 Å². The molecule has 0 aliphatic carbocycles. The van der Waals surface area contributed by atoms with Gasteiger partial charge in [0.2, 0.25) is 5.91 Å². The van der Waals surface area contributed by atoms with Gasteiger partial charge in [0.25, 0.3) is 0 Å². The molecule has 2 aromatic rings. The van der Waals surface area contributed by atoms with Gasteiger partial charge in [-0.15, -0.1) is 0 Å². The van der Waals surface area contributed by atoms with Gasteiger partial charge in [-0.25, -0.2) is 4.79 Å². The number of benzene rings is 1. The third kappa shape index (κ3) is 2.54. The maximum Gasteiger partial charge on any atom is 0.329 e. The summed E-state index contributed by atoms with van der Waals surface area (Å²) in [5.74, 6) is -0.122. The summed E-state index contributed by atoms with van der Waals surface area (Å²) >= 11 is 0. The molecule has 1 amide bonds. The lowest BCUT2D eigenvalue weighted by atomic mass is 10.3. The normalized spacial score (nSPS) is 10.8. The van der Waals surface area contributed by atoms with Crippen LogP contribution in [0.25, 0.3) is 11.0 Å². The second kappa shape index (κ2) is 5.73. The van der Waals surface area contributed by atoms with Gasteiger partial charge in [0.05, 0.1) is 11.0 Å². The van der Waals surface area contributed by atoms with Gasteiger partial charge in [0.15, 0.2) is 0 Å². The standard InChI is InChI=1S/C14H19N3O2/c1-3-9-15-13(18)10-17-12-8-6-5-7-11(12)16(4-2)14(17)19/h5-8H,3-4,9-10H2,1-2H3,(H,15,18). The van der Waals surface area contributed by atoms with Gasteiger partial charge >= 0.3 is 5.69 Å². The fourth-order valence-electron chi connectivity index (χ4n) is 2.19. The van der Waals surface area contributed by atoms with Gasteiger partial charge in [0, 0.05) is 13.1 Å². The molecule has 0 saturated carbocycles. The summed E-state index contributed by atoms with van der Waals surface area (Å²) in [6.45, 7) is 5.24. The average molecular weight is 261 g/mol. The molecule has 1 aromatic carbocycles. The molecular formula is C14H19N3O2. The van der Waals surface area contributed by atoms with E-state index in [-0.39, 0.29) is 18.1 Å². The lowest BCUT2D eigenvalue weighted by Crippen LogP contribution is -2.33. The number of aromatic nitrogens is 2. The van der Waals surface area contributed by atoms with E-state index >= 15 is 0 Å². The molecule has 0 unspecified atom stereocenters. The predicted molar refractivity (Wildman–Crippen MR) is 75.2 cm³/mol. The van der Waals surface area contributed by atoms with Crippen molar-refractivity contribution in [1.29, 1.82) is 0 Å². The molecule has 0 aliphatic rings. The van der Waals surface area contributed by atoms with Crippen molar-refractivity contribution < 1.29 is 4.79 Å². The first-order valence-electron chi connectivity index (χ1n) is 6.63. The van der Waals surface area contributed by atoms with Gasteiger partial charge < -0.3 is 5.32 Å². The molecule has 0 radical (unpaired) electrons. The highest BCUT2D eigenvalue weighted by molar-refractivity contribution is 5.80. The molecule has 0 atom stereocenters. The van der Waals surface area contributed by atoms with Crippen LogP contribution in [0.3, 0.4) is 0 Å². The lowest BCUT2D eigenvalue weighted by molar-refractivity contribution is -0.121. The van der Waals surface area contributed by atoms with Crippen molar-refractivity contribution in [3.05, 3.63) is 34.7 Å². The van der Waals surface area contributed by atoms with Gasteiger partial charge in [0.1, 0.15) is 6.54 Å². The van der Waals surface area contributed by atoms with Gasteiger partial charge in [-0.3, -0.25) is 13.9 Å². The Labute approximate surface area is 111 Å². The fourth-order valence-corrected chi connectivity index (χ4v) is 2.19. The second-order valence-corrected chi connectivity index (χ2v) is 4.45. The van der Waals surface area contributed by atoms with Crippen LogP contribution in [0, 0.1) is 0 Å². The third-order valence-corrected chi connectivity index (χ3v) is 3.12. The minimum absolute atomic E-state index is 0.0757. The smallest absolute Gasteiger partial charge is 0.329 e. The molecule has 5 nitrogen and oxygen atoms in total. The number of rotatable bonds is 5. The molecule has 0 bridgehead atoms. The Bertz CT molecular complexity index is 640. The van der Waals surface area contributed by atoms with Gasteiger partial charge in [-0.2, -0.15) is 0 Å². The quantitative estimate of drug-likeness (QED) is 0.883. The van der Waals surface area contributed by atoms with Crippen LogP contribution in [-0.4, -0.2) is 21.6 Å². The largest absolute Gasteiger partial charge is 0.355 e. The molecule has 2 rings (SSSR count). The van der Waals surface area contributed by atoms with E-state index in [1.807, 2.05) is 38.1 Å². The molecule has 0 saturated heterocycles. The number of hydrogen-bond acceptors (Lipinski definition) is 2. The Morgan fingerprint density at radius 1 is 1.16 bits per heavy atom. The van der Waals surface area contributed by atoms with Crippen LogP contribution in [-0.2, 0) is 17.9 Å². The number of carbonyl (C=O) groups is 1. The van der Waals surface area contributed by atoms with Crippen molar-refractivity contribution in [2.45, 2.75) is 33.4 Å². The summed E-state index contributed by atoms with van der Waals surface area (Å²) < 4.78 is 3.21. The molecule has 5 heteroatoms. The summed E-state index contributed by atoms with van der Waals surface area (Å²) in [7, 11) is 0. The van der Waals surface area contributed by atoms with E-state index in [0.29, 0.717) is 13.1 Å². The summed E-state index contributed by atoms with van der Waals surface area (Å²) in [4.78, 5) is 24.1. The van der Waals surface area contributed by atoms with Crippen LogP contribution in [0.4, 0.5) is 0 Å². The minimum Gasteiger partial charge on any atom is -0.355 e. The Morgan fingerprint density at radius 2 is 1.79 bits per heavy atom. The Balaban J connectivity index is 2.40. The predicted octanol–water partition coefficient (Wildman–Crippen LogP) is 1.35. The van der Waals surface area contributed by atoms with Crippen LogP contribution in [0.5, 0.6) is 0 Å². The zero-order valence-electron chi connectivity index (χ0n) is 11.3. The summed E-state index contributed by atoms with van der Waals surface area (Å²) in [5, 5.41) is 2.79. The Morgan fingerprint density at radius 3 is 2.37 bits per heavy atom. The number of nitrogens with zero attached hydrogens (tertiary/aromatic N) is 2.